The maximum atomic E-state index is 4.47. The number of hydrogen-bond donors (Lipinski definition) is 0. The van der Waals surface area contributed by atoms with Gasteiger partial charge in [-0.25, -0.2) is 4.98 Å². The number of imidazole rings is 1. The molecule has 0 saturated carbocycles. The molecule has 1 aromatic rings. The van der Waals surface area contributed by atoms with E-state index in [-0.39, 0.29) is 0 Å². The van der Waals surface area contributed by atoms with Crippen molar-refractivity contribution >= 4 is 0 Å². The minimum absolute atomic E-state index is 0.539. The molecule has 0 N–H and O–H groups in total. The van der Waals surface area contributed by atoms with E-state index in [0.717, 1.165) is 19.6 Å². The van der Waals surface area contributed by atoms with Gasteiger partial charge in [0.05, 0.1) is 5.69 Å². The molecule has 13 heavy (non-hydrogen) atoms. The van der Waals surface area contributed by atoms with Crippen LogP contribution >= 0.6 is 0 Å². The lowest BCUT2D eigenvalue weighted by atomic mass is 10.2. The van der Waals surface area contributed by atoms with E-state index in [2.05, 4.69) is 35.3 Å². The molecule has 2 rings (SSSR count). The Kier molecular flexibility index (Phi) is 2.12. The highest BCUT2D eigenvalue weighted by Gasteiger charge is 2.17. The third kappa shape index (κ3) is 1.48. The van der Waals surface area contributed by atoms with Crippen LogP contribution in [0.2, 0.25) is 0 Å². The lowest BCUT2D eigenvalue weighted by Gasteiger charge is -2.25. The molecule has 1 aliphatic heterocycles. The van der Waals surface area contributed by atoms with Gasteiger partial charge in [0.2, 0.25) is 0 Å². The van der Waals surface area contributed by atoms with E-state index in [4.69, 9.17) is 0 Å². The second-order valence-corrected chi connectivity index (χ2v) is 4.15. The molecular formula is C10H17N3. The van der Waals surface area contributed by atoms with Crippen LogP contribution in [-0.4, -0.2) is 28.0 Å². The lowest BCUT2D eigenvalue weighted by molar-refractivity contribution is 0.266. The Morgan fingerprint density at radius 2 is 2.15 bits per heavy atom. The maximum Gasteiger partial charge on any atom is 0.111 e. The van der Waals surface area contributed by atoms with Crippen molar-refractivity contribution in [2.24, 2.45) is 0 Å². The van der Waals surface area contributed by atoms with Gasteiger partial charge in [0.1, 0.15) is 5.82 Å². The zero-order chi connectivity index (χ0) is 9.42. The molecule has 72 valence electrons. The summed E-state index contributed by atoms with van der Waals surface area (Å²) in [6.45, 7) is 7.68. The zero-order valence-corrected chi connectivity index (χ0v) is 8.62. The first-order valence-electron chi connectivity index (χ1n) is 4.91. The SMILES string of the molecule is CC(C)c1ncc2n1CCN(C)C2. The molecule has 0 unspecified atom stereocenters. The smallest absolute Gasteiger partial charge is 0.111 e. The first-order valence-corrected chi connectivity index (χ1v) is 4.91. The first kappa shape index (κ1) is 8.75. The predicted octanol–water partition coefficient (Wildman–Crippen LogP) is 1.45. The quantitative estimate of drug-likeness (QED) is 0.650. The summed E-state index contributed by atoms with van der Waals surface area (Å²) in [4.78, 5) is 6.80. The van der Waals surface area contributed by atoms with E-state index < -0.39 is 0 Å². The van der Waals surface area contributed by atoms with Crippen molar-refractivity contribution in [3.05, 3.63) is 17.7 Å². The average molecular weight is 179 g/mol. The van der Waals surface area contributed by atoms with Crippen molar-refractivity contribution < 1.29 is 0 Å². The molecule has 0 fully saturated rings. The van der Waals surface area contributed by atoms with Crippen molar-refractivity contribution in [2.75, 3.05) is 13.6 Å². The molecule has 0 saturated heterocycles. The highest BCUT2D eigenvalue weighted by Crippen LogP contribution is 2.18. The summed E-state index contributed by atoms with van der Waals surface area (Å²) in [7, 11) is 2.16. The monoisotopic (exact) mass is 179 g/mol. The van der Waals surface area contributed by atoms with Crippen molar-refractivity contribution in [1.29, 1.82) is 0 Å². The second kappa shape index (κ2) is 3.14. The summed E-state index contributed by atoms with van der Waals surface area (Å²) >= 11 is 0. The number of aromatic nitrogens is 2. The van der Waals surface area contributed by atoms with Gasteiger partial charge in [0.15, 0.2) is 0 Å². The van der Waals surface area contributed by atoms with Gasteiger partial charge in [-0.2, -0.15) is 0 Å². The Morgan fingerprint density at radius 1 is 1.38 bits per heavy atom. The molecule has 2 heterocycles. The molecule has 3 heteroatoms. The molecule has 0 aliphatic carbocycles. The van der Waals surface area contributed by atoms with E-state index in [1.54, 1.807) is 0 Å². The fraction of sp³-hybridized carbons (Fsp3) is 0.700. The number of hydrogen-bond acceptors (Lipinski definition) is 2. The summed E-state index contributed by atoms with van der Waals surface area (Å²) in [5, 5.41) is 0. The van der Waals surface area contributed by atoms with Gasteiger partial charge >= 0.3 is 0 Å². The molecule has 0 atom stereocenters. The predicted molar refractivity (Wildman–Crippen MR) is 52.7 cm³/mol. The van der Waals surface area contributed by atoms with Crippen LogP contribution < -0.4 is 0 Å². The summed E-state index contributed by atoms with van der Waals surface area (Å²) in [6.07, 6.45) is 2.02. The Morgan fingerprint density at radius 3 is 2.85 bits per heavy atom. The average Bonchev–Trinajstić information content (AvgIpc) is 2.46. The molecule has 0 aromatic carbocycles. The summed E-state index contributed by atoms with van der Waals surface area (Å²) in [5.41, 5.74) is 1.36. The largest absolute Gasteiger partial charge is 0.329 e. The Labute approximate surface area is 79.4 Å². The lowest BCUT2D eigenvalue weighted by Crippen LogP contribution is -2.30. The minimum Gasteiger partial charge on any atom is -0.329 e. The van der Waals surface area contributed by atoms with Crippen LogP contribution in [0.3, 0.4) is 0 Å². The van der Waals surface area contributed by atoms with Crippen LogP contribution in [0.1, 0.15) is 31.3 Å². The summed E-state index contributed by atoms with van der Waals surface area (Å²) in [5.74, 6) is 1.78. The maximum absolute atomic E-state index is 4.47. The van der Waals surface area contributed by atoms with E-state index >= 15 is 0 Å². The van der Waals surface area contributed by atoms with Crippen molar-refractivity contribution in [2.45, 2.75) is 32.9 Å². The third-order valence-corrected chi connectivity index (χ3v) is 2.62. The Balaban J connectivity index is 2.33. The molecule has 1 aromatic heterocycles. The summed E-state index contributed by atoms with van der Waals surface area (Å²) < 4.78 is 2.37. The van der Waals surface area contributed by atoms with Crippen LogP contribution in [0.4, 0.5) is 0 Å². The molecule has 0 amide bonds. The van der Waals surface area contributed by atoms with Gasteiger partial charge in [-0.1, -0.05) is 13.8 Å². The van der Waals surface area contributed by atoms with Gasteiger partial charge in [0, 0.05) is 31.7 Å². The third-order valence-electron chi connectivity index (χ3n) is 2.62. The molecule has 0 spiro atoms. The highest BCUT2D eigenvalue weighted by molar-refractivity contribution is 5.10. The van der Waals surface area contributed by atoms with Crippen LogP contribution in [0, 0.1) is 0 Å². The van der Waals surface area contributed by atoms with Crippen molar-refractivity contribution in [1.82, 2.24) is 14.5 Å². The Bertz CT molecular complexity index is 301. The van der Waals surface area contributed by atoms with Gasteiger partial charge in [-0.3, -0.25) is 4.90 Å². The standard InChI is InChI=1S/C10H17N3/c1-8(2)10-11-6-9-7-12(3)4-5-13(9)10/h6,8H,4-5,7H2,1-3H3. The fourth-order valence-corrected chi connectivity index (χ4v) is 1.90. The van der Waals surface area contributed by atoms with Crippen LogP contribution in [0.25, 0.3) is 0 Å². The first-order chi connectivity index (χ1) is 6.18. The highest BCUT2D eigenvalue weighted by atomic mass is 15.2. The Hall–Kier alpha value is -0.830. The molecule has 3 nitrogen and oxygen atoms in total. The zero-order valence-electron chi connectivity index (χ0n) is 8.62. The fourth-order valence-electron chi connectivity index (χ4n) is 1.90. The van der Waals surface area contributed by atoms with Crippen molar-refractivity contribution in [3.63, 3.8) is 0 Å². The summed E-state index contributed by atoms with van der Waals surface area (Å²) in [6, 6.07) is 0. The molecule has 0 bridgehead atoms. The van der Waals surface area contributed by atoms with Crippen LogP contribution in [0.5, 0.6) is 0 Å². The van der Waals surface area contributed by atoms with E-state index in [0.29, 0.717) is 5.92 Å². The molecular weight excluding hydrogens is 162 g/mol. The number of likely N-dealkylation sites (N-methyl/N-ethyl adjacent to an activating group) is 1. The van der Waals surface area contributed by atoms with Crippen molar-refractivity contribution in [3.8, 4) is 0 Å². The van der Waals surface area contributed by atoms with Gasteiger partial charge < -0.3 is 4.57 Å². The van der Waals surface area contributed by atoms with E-state index in [1.165, 1.54) is 11.5 Å². The topological polar surface area (TPSA) is 21.1 Å². The second-order valence-electron chi connectivity index (χ2n) is 4.15. The van der Waals surface area contributed by atoms with E-state index in [1.807, 2.05) is 6.20 Å². The molecule has 1 aliphatic rings. The number of rotatable bonds is 1. The normalized spacial score (nSPS) is 17.8. The van der Waals surface area contributed by atoms with Gasteiger partial charge in [-0.15, -0.1) is 0 Å². The molecule has 0 radical (unpaired) electrons. The van der Waals surface area contributed by atoms with Crippen LogP contribution in [0.15, 0.2) is 6.20 Å². The van der Waals surface area contributed by atoms with Gasteiger partial charge in [-0.05, 0) is 7.05 Å². The van der Waals surface area contributed by atoms with Crippen LogP contribution in [-0.2, 0) is 13.1 Å². The van der Waals surface area contributed by atoms with E-state index in [9.17, 15) is 0 Å². The number of fused-ring (bicyclic) bond motifs is 1. The minimum atomic E-state index is 0.539. The number of nitrogens with zero attached hydrogens (tertiary/aromatic N) is 3. The van der Waals surface area contributed by atoms with Gasteiger partial charge in [0.25, 0.3) is 0 Å².